The Morgan fingerprint density at radius 2 is 2.14 bits per heavy atom. The number of furan rings is 1. The molecule has 0 bridgehead atoms. The first-order valence-electron chi connectivity index (χ1n) is 4.82. The maximum atomic E-state index is 5.77. The lowest BCUT2D eigenvalue weighted by Gasteiger charge is -1.95. The summed E-state index contributed by atoms with van der Waals surface area (Å²) in [7, 11) is 0. The van der Waals surface area contributed by atoms with Crippen molar-refractivity contribution in [2.24, 2.45) is 0 Å². The molecular formula is C12H14OS. The van der Waals surface area contributed by atoms with E-state index in [1.54, 1.807) is 11.8 Å². The van der Waals surface area contributed by atoms with E-state index in [9.17, 15) is 0 Å². The van der Waals surface area contributed by atoms with Crippen molar-refractivity contribution in [1.29, 1.82) is 0 Å². The van der Waals surface area contributed by atoms with E-state index in [2.05, 4.69) is 38.3 Å². The van der Waals surface area contributed by atoms with E-state index in [1.807, 2.05) is 0 Å². The molecule has 0 aliphatic heterocycles. The molecule has 0 aliphatic rings. The topological polar surface area (TPSA) is 13.1 Å². The zero-order valence-electron chi connectivity index (χ0n) is 8.76. The van der Waals surface area contributed by atoms with Gasteiger partial charge in [0.15, 0.2) is 0 Å². The van der Waals surface area contributed by atoms with E-state index >= 15 is 0 Å². The van der Waals surface area contributed by atoms with Crippen LogP contribution in [0.1, 0.15) is 18.2 Å². The number of fused-ring (bicyclic) bond motifs is 1. The molecular weight excluding hydrogens is 192 g/mol. The highest BCUT2D eigenvalue weighted by Gasteiger charge is 2.11. The lowest BCUT2D eigenvalue weighted by Crippen LogP contribution is -1.77. The molecule has 0 spiro atoms. The molecule has 14 heavy (non-hydrogen) atoms. The van der Waals surface area contributed by atoms with E-state index in [0.717, 1.165) is 17.8 Å². The maximum absolute atomic E-state index is 5.77. The SMILES string of the molecule is CCc1oc2ccc(C)cc2c1SC. The number of benzene rings is 1. The number of hydrogen-bond donors (Lipinski definition) is 0. The second-order valence-electron chi connectivity index (χ2n) is 3.41. The van der Waals surface area contributed by atoms with E-state index < -0.39 is 0 Å². The Balaban J connectivity index is 2.74. The van der Waals surface area contributed by atoms with Crippen molar-refractivity contribution in [1.82, 2.24) is 0 Å². The van der Waals surface area contributed by atoms with Crippen molar-refractivity contribution in [2.45, 2.75) is 25.2 Å². The van der Waals surface area contributed by atoms with Crippen LogP contribution in [-0.2, 0) is 6.42 Å². The summed E-state index contributed by atoms with van der Waals surface area (Å²) < 4.78 is 5.77. The first-order chi connectivity index (χ1) is 6.76. The molecule has 0 saturated carbocycles. The van der Waals surface area contributed by atoms with Gasteiger partial charge in [-0.3, -0.25) is 0 Å². The quantitative estimate of drug-likeness (QED) is 0.688. The summed E-state index contributed by atoms with van der Waals surface area (Å²) in [5.74, 6) is 1.11. The van der Waals surface area contributed by atoms with Crippen LogP contribution in [0.3, 0.4) is 0 Å². The lowest BCUT2D eigenvalue weighted by molar-refractivity contribution is 0.546. The van der Waals surface area contributed by atoms with Crippen LogP contribution < -0.4 is 0 Å². The Morgan fingerprint density at radius 1 is 1.36 bits per heavy atom. The predicted octanol–water partition coefficient (Wildman–Crippen LogP) is 4.03. The molecule has 0 unspecified atom stereocenters. The van der Waals surface area contributed by atoms with Gasteiger partial charge in [-0.15, -0.1) is 11.8 Å². The van der Waals surface area contributed by atoms with E-state index in [4.69, 9.17) is 4.42 Å². The van der Waals surface area contributed by atoms with Crippen LogP contribution in [0.15, 0.2) is 27.5 Å². The summed E-state index contributed by atoms with van der Waals surface area (Å²) in [6.45, 7) is 4.24. The first kappa shape index (κ1) is 9.66. The molecule has 0 N–H and O–H groups in total. The molecule has 0 fully saturated rings. The highest BCUT2D eigenvalue weighted by molar-refractivity contribution is 7.98. The predicted molar refractivity (Wildman–Crippen MR) is 62.1 cm³/mol. The molecule has 74 valence electrons. The van der Waals surface area contributed by atoms with Gasteiger partial charge >= 0.3 is 0 Å². The molecule has 1 aromatic carbocycles. The zero-order valence-corrected chi connectivity index (χ0v) is 9.57. The van der Waals surface area contributed by atoms with Crippen LogP contribution in [0, 0.1) is 6.92 Å². The maximum Gasteiger partial charge on any atom is 0.135 e. The van der Waals surface area contributed by atoms with Crippen molar-refractivity contribution in [2.75, 3.05) is 6.26 Å². The first-order valence-corrected chi connectivity index (χ1v) is 6.04. The molecule has 0 radical (unpaired) electrons. The fourth-order valence-corrected chi connectivity index (χ4v) is 2.49. The van der Waals surface area contributed by atoms with Crippen LogP contribution in [0.5, 0.6) is 0 Å². The minimum Gasteiger partial charge on any atom is -0.460 e. The molecule has 0 saturated heterocycles. The molecule has 2 aromatic rings. The molecule has 0 amide bonds. The van der Waals surface area contributed by atoms with Gasteiger partial charge in [0.05, 0.1) is 4.90 Å². The largest absolute Gasteiger partial charge is 0.460 e. The normalized spacial score (nSPS) is 11.1. The molecule has 2 rings (SSSR count). The monoisotopic (exact) mass is 206 g/mol. The third-order valence-electron chi connectivity index (χ3n) is 2.39. The summed E-state index contributed by atoms with van der Waals surface area (Å²) in [6.07, 6.45) is 3.07. The van der Waals surface area contributed by atoms with Gasteiger partial charge in [0.25, 0.3) is 0 Å². The zero-order chi connectivity index (χ0) is 10.1. The molecule has 2 heteroatoms. The molecule has 1 nitrogen and oxygen atoms in total. The standard InChI is InChI=1S/C12H14OS/c1-4-10-12(14-3)9-7-8(2)5-6-11(9)13-10/h5-7H,4H2,1-3H3. The third kappa shape index (κ3) is 1.44. The van der Waals surface area contributed by atoms with Gasteiger partial charge in [-0.05, 0) is 25.3 Å². The highest BCUT2D eigenvalue weighted by Crippen LogP contribution is 2.33. The van der Waals surface area contributed by atoms with Gasteiger partial charge in [-0.1, -0.05) is 18.6 Å². The van der Waals surface area contributed by atoms with Gasteiger partial charge in [0.1, 0.15) is 11.3 Å². The number of hydrogen-bond acceptors (Lipinski definition) is 2. The highest BCUT2D eigenvalue weighted by atomic mass is 32.2. The number of rotatable bonds is 2. The van der Waals surface area contributed by atoms with Gasteiger partial charge in [-0.2, -0.15) is 0 Å². The van der Waals surface area contributed by atoms with Crippen LogP contribution in [-0.4, -0.2) is 6.26 Å². The minimum absolute atomic E-state index is 0.962. The van der Waals surface area contributed by atoms with E-state index in [0.29, 0.717) is 0 Å². The Morgan fingerprint density at radius 3 is 2.79 bits per heavy atom. The minimum atomic E-state index is 0.962. The van der Waals surface area contributed by atoms with Crippen LogP contribution in [0.25, 0.3) is 11.0 Å². The molecule has 0 aliphatic carbocycles. The van der Waals surface area contributed by atoms with Crippen LogP contribution in [0.2, 0.25) is 0 Å². The van der Waals surface area contributed by atoms with Gasteiger partial charge in [-0.25, -0.2) is 0 Å². The van der Waals surface area contributed by atoms with Crippen LogP contribution >= 0.6 is 11.8 Å². The van der Waals surface area contributed by atoms with Gasteiger partial charge in [0, 0.05) is 11.8 Å². The molecule has 0 atom stereocenters. The Labute approximate surface area is 88.5 Å². The summed E-state index contributed by atoms with van der Waals surface area (Å²) in [5, 5.41) is 1.26. The average molecular weight is 206 g/mol. The molecule has 1 heterocycles. The lowest BCUT2D eigenvalue weighted by atomic mass is 10.2. The van der Waals surface area contributed by atoms with E-state index in [1.165, 1.54) is 15.8 Å². The smallest absolute Gasteiger partial charge is 0.135 e. The van der Waals surface area contributed by atoms with Gasteiger partial charge in [0.2, 0.25) is 0 Å². The van der Waals surface area contributed by atoms with Crippen LogP contribution in [0.4, 0.5) is 0 Å². The Hall–Kier alpha value is -0.890. The molecule has 1 aromatic heterocycles. The summed E-state index contributed by atoms with van der Waals surface area (Å²) in [5.41, 5.74) is 2.30. The van der Waals surface area contributed by atoms with Crippen molar-refractivity contribution in [3.63, 3.8) is 0 Å². The fraction of sp³-hybridized carbons (Fsp3) is 0.333. The van der Waals surface area contributed by atoms with Gasteiger partial charge < -0.3 is 4.42 Å². The van der Waals surface area contributed by atoms with Crippen molar-refractivity contribution >= 4 is 22.7 Å². The summed E-state index contributed by atoms with van der Waals surface area (Å²) in [4.78, 5) is 1.30. The van der Waals surface area contributed by atoms with Crippen molar-refractivity contribution < 1.29 is 4.42 Å². The fourth-order valence-electron chi connectivity index (χ4n) is 1.70. The van der Waals surface area contributed by atoms with E-state index in [-0.39, 0.29) is 0 Å². The number of thioether (sulfide) groups is 1. The summed E-state index contributed by atoms with van der Waals surface area (Å²) in [6, 6.07) is 6.35. The average Bonchev–Trinajstić information content (AvgIpc) is 2.54. The Kier molecular flexibility index (Phi) is 2.55. The van der Waals surface area contributed by atoms with Crippen molar-refractivity contribution in [3.8, 4) is 0 Å². The number of aryl methyl sites for hydroxylation is 2. The second-order valence-corrected chi connectivity index (χ2v) is 4.23. The third-order valence-corrected chi connectivity index (χ3v) is 3.25. The summed E-state index contributed by atoms with van der Waals surface area (Å²) >= 11 is 1.77. The Bertz CT molecular complexity index is 457. The second kappa shape index (κ2) is 3.70. The van der Waals surface area contributed by atoms with Crippen molar-refractivity contribution in [3.05, 3.63) is 29.5 Å².